The van der Waals surface area contributed by atoms with E-state index in [-0.39, 0.29) is 19.4 Å². The third-order valence-corrected chi connectivity index (χ3v) is 3.19. The maximum Gasteiger partial charge on any atom is 0.409 e. The van der Waals surface area contributed by atoms with Crippen LogP contribution in [0.25, 0.3) is 0 Å². The molecule has 0 unspecified atom stereocenters. The molecule has 0 spiro atoms. The summed E-state index contributed by atoms with van der Waals surface area (Å²) in [5.41, 5.74) is -2.16. The van der Waals surface area contributed by atoms with E-state index in [9.17, 15) is 24.3 Å². The van der Waals surface area contributed by atoms with Crippen molar-refractivity contribution in [1.29, 1.82) is 0 Å². The minimum absolute atomic E-state index is 0.0794. The largest absolute Gasteiger partial charge is 0.478 e. The van der Waals surface area contributed by atoms with E-state index in [1.807, 2.05) is 0 Å². The maximum absolute atomic E-state index is 11.9. The fourth-order valence-electron chi connectivity index (χ4n) is 2.15. The van der Waals surface area contributed by atoms with Gasteiger partial charge in [0.2, 0.25) is 17.5 Å². The lowest BCUT2D eigenvalue weighted by molar-refractivity contribution is -0.168. The number of nitrogens with zero attached hydrogens (tertiary/aromatic N) is 1. The van der Waals surface area contributed by atoms with Gasteiger partial charge in [-0.25, -0.2) is 14.5 Å². The second-order valence-electron chi connectivity index (χ2n) is 4.86. The van der Waals surface area contributed by atoms with Crippen LogP contribution in [0.1, 0.15) is 26.7 Å². The van der Waals surface area contributed by atoms with Gasteiger partial charge in [0.05, 0.1) is 0 Å². The zero-order chi connectivity index (χ0) is 16.2. The Morgan fingerprint density at radius 1 is 1.43 bits per heavy atom. The molecule has 116 valence electrons. The van der Waals surface area contributed by atoms with Gasteiger partial charge >= 0.3 is 12.1 Å². The molecular formula is C13H18N2O6. The van der Waals surface area contributed by atoms with Crippen LogP contribution in [-0.4, -0.2) is 46.2 Å². The van der Waals surface area contributed by atoms with Gasteiger partial charge in [-0.3, -0.25) is 14.9 Å². The fraction of sp³-hybridized carbons (Fsp3) is 0.538. The molecule has 1 saturated heterocycles. The zero-order valence-electron chi connectivity index (χ0n) is 11.9. The van der Waals surface area contributed by atoms with E-state index in [2.05, 4.69) is 11.9 Å². The van der Waals surface area contributed by atoms with E-state index in [1.165, 1.54) is 19.9 Å². The number of aliphatic carboxylic acids is 1. The van der Waals surface area contributed by atoms with Crippen molar-refractivity contribution in [1.82, 2.24) is 10.2 Å². The molecule has 8 heteroatoms. The molecule has 1 rings (SSSR count). The normalized spacial score (nSPS) is 17.6. The van der Waals surface area contributed by atoms with Gasteiger partial charge in [-0.2, -0.15) is 0 Å². The summed E-state index contributed by atoms with van der Waals surface area (Å²) in [7, 11) is 0. The lowest BCUT2D eigenvalue weighted by Gasteiger charge is -2.39. The molecule has 0 saturated carbocycles. The van der Waals surface area contributed by atoms with Gasteiger partial charge in [0.25, 0.3) is 0 Å². The summed E-state index contributed by atoms with van der Waals surface area (Å²) in [4.78, 5) is 47.8. The molecule has 0 bridgehead atoms. The van der Waals surface area contributed by atoms with Gasteiger partial charge in [-0.15, -0.1) is 0 Å². The molecule has 1 heterocycles. The summed E-state index contributed by atoms with van der Waals surface area (Å²) < 4.78 is 4.70. The van der Waals surface area contributed by atoms with Crippen LogP contribution >= 0.6 is 0 Å². The molecule has 8 nitrogen and oxygen atoms in total. The number of carbonyl (C=O) groups excluding carboxylic acids is 3. The summed E-state index contributed by atoms with van der Waals surface area (Å²) in [6, 6.07) is 0. The first-order valence-corrected chi connectivity index (χ1v) is 6.42. The molecule has 1 aliphatic heterocycles. The van der Waals surface area contributed by atoms with Crippen LogP contribution < -0.4 is 5.32 Å². The average Bonchev–Trinajstić information content (AvgIpc) is 2.73. The predicted octanol–water partition coefficient (Wildman–Crippen LogP) is 0.484. The van der Waals surface area contributed by atoms with E-state index in [0.717, 1.165) is 0 Å². The number of likely N-dealkylation sites (tertiary alicyclic amines) is 1. The molecule has 0 aromatic carbocycles. The SMILES string of the molecule is C=CCOC(=O)N[C@@](C(=O)O)(C(C)C)N1C(=O)CCC1=O. The van der Waals surface area contributed by atoms with E-state index in [0.29, 0.717) is 4.90 Å². The van der Waals surface area contributed by atoms with Gasteiger partial charge < -0.3 is 9.84 Å². The average molecular weight is 298 g/mol. The molecule has 0 aliphatic carbocycles. The maximum atomic E-state index is 11.9. The number of alkyl carbamates (subject to hydrolysis) is 1. The van der Waals surface area contributed by atoms with Crippen LogP contribution in [0.3, 0.4) is 0 Å². The van der Waals surface area contributed by atoms with Gasteiger partial charge in [0.1, 0.15) is 6.61 Å². The first-order valence-electron chi connectivity index (χ1n) is 6.42. The highest BCUT2D eigenvalue weighted by atomic mass is 16.5. The molecular weight excluding hydrogens is 280 g/mol. The second kappa shape index (κ2) is 6.38. The molecule has 21 heavy (non-hydrogen) atoms. The Labute approximate surface area is 121 Å². The Hall–Kier alpha value is -2.38. The smallest absolute Gasteiger partial charge is 0.409 e. The van der Waals surface area contributed by atoms with Crippen LogP contribution in [-0.2, 0) is 19.1 Å². The predicted molar refractivity (Wildman–Crippen MR) is 71.0 cm³/mol. The number of carboxylic acid groups (broad SMARTS) is 1. The molecule has 0 aromatic heterocycles. The fourth-order valence-corrected chi connectivity index (χ4v) is 2.15. The number of carboxylic acids is 1. The minimum Gasteiger partial charge on any atom is -0.478 e. The molecule has 1 fully saturated rings. The van der Waals surface area contributed by atoms with E-state index < -0.39 is 35.5 Å². The number of nitrogens with one attached hydrogen (secondary N) is 1. The highest BCUT2D eigenvalue weighted by Crippen LogP contribution is 2.29. The van der Waals surface area contributed by atoms with Crippen molar-refractivity contribution in [2.45, 2.75) is 32.4 Å². The Morgan fingerprint density at radius 3 is 2.33 bits per heavy atom. The summed E-state index contributed by atoms with van der Waals surface area (Å²) in [6.07, 6.45) is 0.107. The molecule has 0 aromatic rings. The third kappa shape index (κ3) is 3.04. The van der Waals surface area contributed by atoms with Crippen molar-refractivity contribution in [3.05, 3.63) is 12.7 Å². The third-order valence-electron chi connectivity index (χ3n) is 3.19. The van der Waals surface area contributed by atoms with Gasteiger partial charge in [-0.1, -0.05) is 26.5 Å². The number of imide groups is 1. The standard InChI is InChI=1S/C13H18N2O6/c1-4-7-21-12(20)14-13(8(2)3,11(18)19)15-9(16)5-6-10(15)17/h4,8H,1,5-7H2,2-3H3,(H,14,20)(H,18,19)/t13-/m0/s1. The van der Waals surface area contributed by atoms with Gasteiger partial charge in [0, 0.05) is 18.8 Å². The minimum atomic E-state index is -2.16. The number of hydrogen-bond acceptors (Lipinski definition) is 5. The first kappa shape index (κ1) is 16.7. The van der Waals surface area contributed by atoms with Crippen LogP contribution in [0.2, 0.25) is 0 Å². The summed E-state index contributed by atoms with van der Waals surface area (Å²) in [5.74, 6) is -3.53. The second-order valence-corrected chi connectivity index (χ2v) is 4.86. The number of rotatable bonds is 6. The van der Waals surface area contributed by atoms with Crippen molar-refractivity contribution in [2.75, 3.05) is 6.61 Å². The lowest BCUT2D eigenvalue weighted by Crippen LogP contribution is -2.69. The number of carbonyl (C=O) groups is 4. The first-order chi connectivity index (χ1) is 9.77. The van der Waals surface area contributed by atoms with Crippen LogP contribution in [0.15, 0.2) is 12.7 Å². The summed E-state index contributed by atoms with van der Waals surface area (Å²) >= 11 is 0. The summed E-state index contributed by atoms with van der Waals surface area (Å²) in [6.45, 7) is 6.21. The number of hydrogen-bond donors (Lipinski definition) is 2. The van der Waals surface area contributed by atoms with Crippen molar-refractivity contribution < 1.29 is 29.0 Å². The van der Waals surface area contributed by atoms with Crippen molar-refractivity contribution in [3.8, 4) is 0 Å². The molecule has 3 amide bonds. The Kier molecular flexibility index (Phi) is 5.07. The van der Waals surface area contributed by atoms with Crippen molar-refractivity contribution in [2.24, 2.45) is 5.92 Å². The Balaban J connectivity index is 3.19. The monoisotopic (exact) mass is 298 g/mol. The lowest BCUT2D eigenvalue weighted by atomic mass is 9.94. The van der Waals surface area contributed by atoms with Crippen LogP contribution in [0, 0.1) is 5.92 Å². The zero-order valence-corrected chi connectivity index (χ0v) is 11.9. The summed E-state index contributed by atoms with van der Waals surface area (Å²) in [5, 5.41) is 11.7. The molecule has 1 atom stereocenters. The van der Waals surface area contributed by atoms with Gasteiger partial charge in [0.15, 0.2) is 0 Å². The number of amides is 3. The van der Waals surface area contributed by atoms with Crippen LogP contribution in [0.5, 0.6) is 0 Å². The van der Waals surface area contributed by atoms with E-state index in [1.54, 1.807) is 0 Å². The van der Waals surface area contributed by atoms with Crippen LogP contribution in [0.4, 0.5) is 4.79 Å². The Bertz CT molecular complexity index is 471. The number of ether oxygens (including phenoxy) is 1. The van der Waals surface area contributed by atoms with Crippen molar-refractivity contribution >= 4 is 23.9 Å². The highest BCUT2D eigenvalue weighted by Gasteiger charge is 2.55. The van der Waals surface area contributed by atoms with E-state index in [4.69, 9.17) is 4.74 Å². The van der Waals surface area contributed by atoms with Gasteiger partial charge in [-0.05, 0) is 0 Å². The topological polar surface area (TPSA) is 113 Å². The molecule has 0 radical (unpaired) electrons. The Morgan fingerprint density at radius 2 is 1.95 bits per heavy atom. The molecule has 1 aliphatic rings. The van der Waals surface area contributed by atoms with E-state index >= 15 is 0 Å². The molecule has 2 N–H and O–H groups in total. The van der Waals surface area contributed by atoms with Crippen molar-refractivity contribution in [3.63, 3.8) is 0 Å². The quantitative estimate of drug-likeness (QED) is 0.545. The highest BCUT2D eigenvalue weighted by molar-refractivity contribution is 6.06.